The SMILES string of the molecule is COc1ccc(CN(C)C(C)c2ccccc2)cc1OC. The van der Waals surface area contributed by atoms with Gasteiger partial charge in [0.05, 0.1) is 14.2 Å². The minimum Gasteiger partial charge on any atom is -0.493 e. The number of rotatable bonds is 6. The number of ether oxygens (including phenoxy) is 2. The van der Waals surface area contributed by atoms with Gasteiger partial charge >= 0.3 is 0 Å². The lowest BCUT2D eigenvalue weighted by molar-refractivity contribution is 0.252. The Labute approximate surface area is 127 Å². The van der Waals surface area contributed by atoms with Crippen LogP contribution in [-0.2, 0) is 6.54 Å². The van der Waals surface area contributed by atoms with Gasteiger partial charge in [0.1, 0.15) is 0 Å². The summed E-state index contributed by atoms with van der Waals surface area (Å²) in [4.78, 5) is 2.32. The number of benzene rings is 2. The summed E-state index contributed by atoms with van der Waals surface area (Å²) in [5, 5.41) is 0. The molecule has 0 bridgehead atoms. The van der Waals surface area contributed by atoms with E-state index in [0.29, 0.717) is 6.04 Å². The van der Waals surface area contributed by atoms with Gasteiger partial charge in [-0.05, 0) is 37.2 Å². The van der Waals surface area contributed by atoms with Crippen LogP contribution in [-0.4, -0.2) is 26.2 Å². The van der Waals surface area contributed by atoms with E-state index in [4.69, 9.17) is 9.47 Å². The monoisotopic (exact) mass is 285 g/mol. The fourth-order valence-corrected chi connectivity index (χ4v) is 2.39. The molecule has 21 heavy (non-hydrogen) atoms. The van der Waals surface area contributed by atoms with Gasteiger partial charge in [-0.25, -0.2) is 0 Å². The Bertz CT molecular complexity index is 569. The molecule has 2 aromatic carbocycles. The van der Waals surface area contributed by atoms with E-state index in [-0.39, 0.29) is 0 Å². The zero-order valence-electron chi connectivity index (χ0n) is 13.2. The van der Waals surface area contributed by atoms with Gasteiger partial charge in [-0.1, -0.05) is 36.4 Å². The van der Waals surface area contributed by atoms with Gasteiger partial charge in [-0.15, -0.1) is 0 Å². The van der Waals surface area contributed by atoms with Gasteiger partial charge in [0, 0.05) is 12.6 Å². The van der Waals surface area contributed by atoms with Gasteiger partial charge in [0.25, 0.3) is 0 Å². The molecule has 0 aromatic heterocycles. The van der Waals surface area contributed by atoms with Crippen molar-refractivity contribution in [3.8, 4) is 11.5 Å². The van der Waals surface area contributed by atoms with E-state index in [0.717, 1.165) is 18.0 Å². The van der Waals surface area contributed by atoms with E-state index in [1.165, 1.54) is 11.1 Å². The summed E-state index contributed by atoms with van der Waals surface area (Å²) in [5.74, 6) is 1.54. The van der Waals surface area contributed by atoms with Crippen LogP contribution < -0.4 is 9.47 Å². The molecule has 0 radical (unpaired) electrons. The fraction of sp³-hybridized carbons (Fsp3) is 0.333. The fourth-order valence-electron chi connectivity index (χ4n) is 2.39. The van der Waals surface area contributed by atoms with Crippen LogP contribution in [0.25, 0.3) is 0 Å². The zero-order chi connectivity index (χ0) is 15.2. The highest BCUT2D eigenvalue weighted by molar-refractivity contribution is 5.42. The second kappa shape index (κ2) is 7.14. The minimum absolute atomic E-state index is 0.360. The molecule has 0 saturated carbocycles. The molecule has 0 N–H and O–H groups in total. The first-order valence-electron chi connectivity index (χ1n) is 7.11. The van der Waals surface area contributed by atoms with Crippen LogP contribution in [0.3, 0.4) is 0 Å². The molecule has 0 fully saturated rings. The molecule has 0 heterocycles. The number of hydrogen-bond acceptors (Lipinski definition) is 3. The first kappa shape index (κ1) is 15.4. The lowest BCUT2D eigenvalue weighted by Gasteiger charge is -2.25. The molecule has 0 spiro atoms. The van der Waals surface area contributed by atoms with Crippen LogP contribution in [0.2, 0.25) is 0 Å². The van der Waals surface area contributed by atoms with E-state index in [1.54, 1.807) is 14.2 Å². The van der Waals surface area contributed by atoms with Gasteiger partial charge in [-0.2, -0.15) is 0 Å². The molecule has 2 rings (SSSR count). The molecule has 0 aliphatic rings. The summed E-state index contributed by atoms with van der Waals surface area (Å²) in [5.41, 5.74) is 2.53. The molecular weight excluding hydrogens is 262 g/mol. The molecule has 0 amide bonds. The van der Waals surface area contributed by atoms with Gasteiger partial charge in [0.15, 0.2) is 11.5 Å². The second-order valence-electron chi connectivity index (χ2n) is 5.19. The van der Waals surface area contributed by atoms with Crippen molar-refractivity contribution >= 4 is 0 Å². The normalized spacial score (nSPS) is 12.2. The summed E-state index contributed by atoms with van der Waals surface area (Å²) in [6, 6.07) is 17.0. The highest BCUT2D eigenvalue weighted by atomic mass is 16.5. The third-order valence-electron chi connectivity index (χ3n) is 3.82. The second-order valence-corrected chi connectivity index (χ2v) is 5.19. The van der Waals surface area contributed by atoms with Crippen LogP contribution >= 0.6 is 0 Å². The Hall–Kier alpha value is -2.00. The van der Waals surface area contributed by atoms with E-state index in [2.05, 4.69) is 49.2 Å². The van der Waals surface area contributed by atoms with Crippen molar-refractivity contribution in [1.29, 1.82) is 0 Å². The molecule has 3 heteroatoms. The Morgan fingerprint density at radius 3 is 2.24 bits per heavy atom. The third-order valence-corrected chi connectivity index (χ3v) is 3.82. The predicted octanol–water partition coefficient (Wildman–Crippen LogP) is 3.90. The van der Waals surface area contributed by atoms with Crippen molar-refractivity contribution in [1.82, 2.24) is 4.90 Å². The van der Waals surface area contributed by atoms with Gasteiger partial charge in [-0.3, -0.25) is 4.90 Å². The summed E-state index contributed by atoms with van der Waals surface area (Å²) in [6.45, 7) is 3.08. The lowest BCUT2D eigenvalue weighted by Crippen LogP contribution is -2.21. The van der Waals surface area contributed by atoms with E-state index in [9.17, 15) is 0 Å². The Balaban J connectivity index is 2.10. The number of nitrogens with zero attached hydrogens (tertiary/aromatic N) is 1. The zero-order valence-corrected chi connectivity index (χ0v) is 13.2. The molecule has 2 aromatic rings. The summed E-state index contributed by atoms with van der Waals surface area (Å²) >= 11 is 0. The minimum atomic E-state index is 0.360. The molecule has 0 aliphatic heterocycles. The largest absolute Gasteiger partial charge is 0.493 e. The molecule has 112 valence electrons. The van der Waals surface area contributed by atoms with Crippen LogP contribution in [0, 0.1) is 0 Å². The molecule has 0 saturated heterocycles. The summed E-state index contributed by atoms with van der Waals surface area (Å²) in [6.07, 6.45) is 0. The average Bonchev–Trinajstić information content (AvgIpc) is 2.54. The maximum atomic E-state index is 5.36. The third kappa shape index (κ3) is 3.76. The molecule has 1 unspecified atom stereocenters. The van der Waals surface area contributed by atoms with Crippen molar-refractivity contribution in [3.63, 3.8) is 0 Å². The lowest BCUT2D eigenvalue weighted by atomic mass is 10.1. The topological polar surface area (TPSA) is 21.7 Å². The quantitative estimate of drug-likeness (QED) is 0.803. The van der Waals surface area contributed by atoms with E-state index < -0.39 is 0 Å². The first-order valence-corrected chi connectivity index (χ1v) is 7.11. The van der Waals surface area contributed by atoms with Gasteiger partial charge in [0.2, 0.25) is 0 Å². The highest BCUT2D eigenvalue weighted by Crippen LogP contribution is 2.29. The van der Waals surface area contributed by atoms with Crippen LogP contribution in [0.15, 0.2) is 48.5 Å². The molecule has 1 atom stereocenters. The maximum Gasteiger partial charge on any atom is 0.161 e. The van der Waals surface area contributed by atoms with E-state index >= 15 is 0 Å². The first-order chi connectivity index (χ1) is 10.2. The standard InChI is InChI=1S/C18H23NO2/c1-14(16-8-6-5-7-9-16)19(2)13-15-10-11-17(20-3)18(12-15)21-4/h5-12,14H,13H2,1-4H3. The molecule has 3 nitrogen and oxygen atoms in total. The van der Waals surface area contributed by atoms with Crippen molar-refractivity contribution in [3.05, 3.63) is 59.7 Å². The smallest absolute Gasteiger partial charge is 0.161 e. The number of methoxy groups -OCH3 is 2. The van der Waals surface area contributed by atoms with Crippen molar-refractivity contribution < 1.29 is 9.47 Å². The Kier molecular flexibility index (Phi) is 5.23. The van der Waals surface area contributed by atoms with Crippen molar-refractivity contribution in [2.24, 2.45) is 0 Å². The summed E-state index contributed by atoms with van der Waals surface area (Å²) < 4.78 is 10.6. The Morgan fingerprint density at radius 2 is 1.62 bits per heavy atom. The van der Waals surface area contributed by atoms with Crippen molar-refractivity contribution in [2.75, 3.05) is 21.3 Å². The van der Waals surface area contributed by atoms with Crippen molar-refractivity contribution in [2.45, 2.75) is 19.5 Å². The Morgan fingerprint density at radius 1 is 0.952 bits per heavy atom. The van der Waals surface area contributed by atoms with Crippen LogP contribution in [0.1, 0.15) is 24.1 Å². The molecule has 0 aliphatic carbocycles. The summed E-state index contributed by atoms with van der Waals surface area (Å²) in [7, 11) is 5.45. The predicted molar refractivity (Wildman–Crippen MR) is 85.9 cm³/mol. The highest BCUT2D eigenvalue weighted by Gasteiger charge is 2.13. The van der Waals surface area contributed by atoms with E-state index in [1.807, 2.05) is 18.2 Å². The van der Waals surface area contributed by atoms with Crippen LogP contribution in [0.5, 0.6) is 11.5 Å². The van der Waals surface area contributed by atoms with Gasteiger partial charge < -0.3 is 9.47 Å². The average molecular weight is 285 g/mol. The maximum absolute atomic E-state index is 5.36. The molecular formula is C18H23NO2. The van der Waals surface area contributed by atoms with Crippen LogP contribution in [0.4, 0.5) is 0 Å². The number of hydrogen-bond donors (Lipinski definition) is 0.